The maximum absolute atomic E-state index is 14.6. The Hall–Kier alpha value is -4.66. The molecule has 2 fully saturated rings. The van der Waals surface area contributed by atoms with Gasteiger partial charge < -0.3 is 30.0 Å². The molecular formula is C40H37Cl4F2N7O4. The number of nitrogens with one attached hydrogen (secondary N) is 2. The summed E-state index contributed by atoms with van der Waals surface area (Å²) in [5.74, 6) is 1.35. The topological polar surface area (TPSA) is 127 Å². The highest BCUT2D eigenvalue weighted by Crippen LogP contribution is 2.39. The van der Waals surface area contributed by atoms with Crippen LogP contribution in [0.4, 0.5) is 31.8 Å². The summed E-state index contributed by atoms with van der Waals surface area (Å²) in [5.41, 5.74) is 1.42. The number of halogens is 6. The van der Waals surface area contributed by atoms with E-state index < -0.39 is 11.6 Å². The number of methoxy groups -OCH3 is 2. The first-order valence-corrected chi connectivity index (χ1v) is 19.6. The number of hydrogen-bond donors (Lipinski definition) is 3. The van der Waals surface area contributed by atoms with E-state index in [2.05, 4.69) is 35.5 Å². The fourth-order valence-electron chi connectivity index (χ4n) is 7.09. The first-order valence-electron chi connectivity index (χ1n) is 18.1. The van der Waals surface area contributed by atoms with Gasteiger partial charge in [-0.2, -0.15) is 0 Å². The van der Waals surface area contributed by atoms with Gasteiger partial charge in [-0.3, -0.25) is 4.90 Å². The van der Waals surface area contributed by atoms with Crippen molar-refractivity contribution in [3.8, 4) is 23.0 Å². The molecule has 11 nitrogen and oxygen atoms in total. The van der Waals surface area contributed by atoms with Crippen LogP contribution < -0.4 is 24.8 Å². The van der Waals surface area contributed by atoms with E-state index in [1.54, 1.807) is 13.2 Å². The number of anilines is 4. The summed E-state index contributed by atoms with van der Waals surface area (Å²) >= 11 is 23.4. The van der Waals surface area contributed by atoms with Gasteiger partial charge in [0, 0.05) is 41.4 Å². The molecule has 4 heterocycles. The van der Waals surface area contributed by atoms with E-state index in [0.29, 0.717) is 57.5 Å². The van der Waals surface area contributed by atoms with Gasteiger partial charge in [-0.1, -0.05) is 52.8 Å². The normalized spacial score (nSPS) is 16.7. The van der Waals surface area contributed by atoms with Crippen molar-refractivity contribution in [3.05, 3.63) is 92.9 Å². The monoisotopic (exact) mass is 857 g/mol. The third-order valence-electron chi connectivity index (χ3n) is 10.1. The average Bonchev–Trinajstić information content (AvgIpc) is 3.23. The number of rotatable bonds is 9. The Morgan fingerprint density at radius 3 is 1.89 bits per heavy atom. The molecule has 0 saturated carbocycles. The molecule has 2 aromatic heterocycles. The van der Waals surface area contributed by atoms with Crippen molar-refractivity contribution in [1.82, 2.24) is 24.8 Å². The summed E-state index contributed by atoms with van der Waals surface area (Å²) < 4.78 is 45.7. The second kappa shape index (κ2) is 17.9. The van der Waals surface area contributed by atoms with Crippen LogP contribution in [0.2, 0.25) is 20.1 Å². The highest BCUT2D eigenvalue weighted by molar-refractivity contribution is 6.42. The first-order chi connectivity index (χ1) is 27.5. The van der Waals surface area contributed by atoms with E-state index in [9.17, 15) is 13.9 Å². The number of aromatic nitrogens is 4. The summed E-state index contributed by atoms with van der Waals surface area (Å²) in [4.78, 5) is 19.5. The number of fused-ring (bicyclic) bond motifs is 3. The lowest BCUT2D eigenvalue weighted by atomic mass is 9.88. The Morgan fingerprint density at radius 2 is 1.30 bits per heavy atom. The highest BCUT2D eigenvalue weighted by atomic mass is 35.5. The lowest BCUT2D eigenvalue weighted by Gasteiger charge is -2.42. The van der Waals surface area contributed by atoms with E-state index in [0.717, 1.165) is 12.6 Å². The Kier molecular flexibility index (Phi) is 12.7. The molecule has 6 aromatic rings. The molecule has 2 aliphatic heterocycles. The fourth-order valence-corrected chi connectivity index (χ4v) is 7.71. The van der Waals surface area contributed by atoms with Crippen LogP contribution in [0.15, 0.2) is 61.2 Å². The van der Waals surface area contributed by atoms with Crippen molar-refractivity contribution in [3.63, 3.8) is 0 Å². The molecular weight excluding hydrogens is 822 g/mol. The number of hydrogen-bond acceptors (Lipinski definition) is 11. The zero-order valence-electron chi connectivity index (χ0n) is 30.8. The first kappa shape index (κ1) is 40.5. The fraction of sp³-hybridized carbons (Fsp3) is 0.300. The SMILES string of the molecule is COc1cc2c(Nc3ccc(Cl)c(Cl)c3F)ncnc2cc1O.COc1cc2c(Nc3ccc(Cl)c(Cl)c3F)ncnc2cc1OCC1CCC2CCCCN2C1. The maximum atomic E-state index is 14.6. The Labute approximate surface area is 347 Å². The van der Waals surface area contributed by atoms with E-state index in [1.807, 2.05) is 12.1 Å². The van der Waals surface area contributed by atoms with Crippen LogP contribution in [0.5, 0.6) is 23.0 Å². The Balaban J connectivity index is 0.000000188. The minimum Gasteiger partial charge on any atom is -0.504 e. The van der Waals surface area contributed by atoms with E-state index in [1.165, 1.54) is 88.7 Å². The minimum atomic E-state index is -0.684. The van der Waals surface area contributed by atoms with Gasteiger partial charge in [0.15, 0.2) is 34.6 Å². The van der Waals surface area contributed by atoms with Gasteiger partial charge in [-0.15, -0.1) is 0 Å². The molecule has 57 heavy (non-hydrogen) atoms. The predicted molar refractivity (Wildman–Crippen MR) is 221 cm³/mol. The van der Waals surface area contributed by atoms with Crippen molar-refractivity contribution in [1.29, 1.82) is 0 Å². The van der Waals surface area contributed by atoms with E-state index >= 15 is 0 Å². The molecule has 0 amide bonds. The highest BCUT2D eigenvalue weighted by Gasteiger charge is 2.30. The van der Waals surface area contributed by atoms with Crippen molar-refractivity contribution in [2.45, 2.75) is 38.1 Å². The molecule has 298 valence electrons. The number of nitrogens with zero attached hydrogens (tertiary/aromatic N) is 5. The van der Waals surface area contributed by atoms with Crippen LogP contribution in [-0.4, -0.2) is 69.9 Å². The molecule has 2 atom stereocenters. The number of piperidine rings is 2. The molecule has 0 spiro atoms. The van der Waals surface area contributed by atoms with Crippen molar-refractivity contribution < 1.29 is 28.1 Å². The number of phenolic OH excluding ortho intramolecular Hbond substituents is 1. The Morgan fingerprint density at radius 1 is 0.719 bits per heavy atom. The van der Waals surface area contributed by atoms with Gasteiger partial charge in [-0.25, -0.2) is 28.7 Å². The predicted octanol–water partition coefficient (Wildman–Crippen LogP) is 11.0. The zero-order chi connectivity index (χ0) is 40.2. The van der Waals surface area contributed by atoms with Crippen LogP contribution in [0.25, 0.3) is 21.8 Å². The van der Waals surface area contributed by atoms with Crippen molar-refractivity contribution in [2.24, 2.45) is 5.92 Å². The van der Waals surface area contributed by atoms with Crippen LogP contribution in [0, 0.1) is 17.6 Å². The molecule has 17 heteroatoms. The summed E-state index contributed by atoms with van der Waals surface area (Å²) in [5, 5.41) is 16.8. The van der Waals surface area contributed by atoms with Crippen LogP contribution >= 0.6 is 46.4 Å². The second-order valence-electron chi connectivity index (χ2n) is 13.6. The molecule has 2 aliphatic rings. The van der Waals surface area contributed by atoms with Crippen LogP contribution in [0.1, 0.15) is 32.1 Å². The lowest BCUT2D eigenvalue weighted by molar-refractivity contribution is 0.0561. The Bertz CT molecular complexity index is 2430. The molecule has 0 aliphatic carbocycles. The molecule has 3 N–H and O–H groups in total. The van der Waals surface area contributed by atoms with Gasteiger partial charge in [0.2, 0.25) is 0 Å². The lowest BCUT2D eigenvalue weighted by Crippen LogP contribution is -2.47. The van der Waals surface area contributed by atoms with Gasteiger partial charge in [0.1, 0.15) is 24.3 Å². The van der Waals surface area contributed by atoms with Gasteiger partial charge in [-0.05, 0) is 68.6 Å². The third kappa shape index (κ3) is 8.92. The van der Waals surface area contributed by atoms with Gasteiger partial charge in [0.05, 0.1) is 63.3 Å². The van der Waals surface area contributed by atoms with Crippen molar-refractivity contribution in [2.75, 3.05) is 44.5 Å². The van der Waals surface area contributed by atoms with Crippen LogP contribution in [-0.2, 0) is 0 Å². The summed E-state index contributed by atoms with van der Waals surface area (Å²) in [6.45, 7) is 2.92. The zero-order valence-corrected chi connectivity index (χ0v) is 33.8. The summed E-state index contributed by atoms with van der Waals surface area (Å²) in [6.07, 6.45) is 9.13. The number of aromatic hydroxyl groups is 1. The number of phenols is 1. The average molecular weight is 860 g/mol. The standard InChI is InChI=1S/C25H27Cl2FN4O2.C15H10Cl2FN3O2/c1-33-21-10-17-20(29-14-30-25(17)31-19-8-7-18(26)23(27)24(19)28)11-22(21)34-13-15-5-6-16-4-2-3-9-32(16)12-15;1-23-12-4-7-10(5-11(12)22)19-6-20-15(7)21-9-3-2-8(16)13(17)14(9)18/h7-8,10-11,14-16H,2-6,9,12-13H2,1H3,(H,29,30,31);2-6,22H,1H3,(H,19,20,21). The van der Waals surface area contributed by atoms with Gasteiger partial charge in [0.25, 0.3) is 0 Å². The maximum Gasteiger partial charge on any atom is 0.166 e. The van der Waals surface area contributed by atoms with E-state index in [4.69, 9.17) is 60.6 Å². The largest absolute Gasteiger partial charge is 0.504 e. The molecule has 2 unspecified atom stereocenters. The summed E-state index contributed by atoms with van der Waals surface area (Å²) in [7, 11) is 3.03. The molecule has 4 aromatic carbocycles. The number of benzene rings is 4. The third-order valence-corrected chi connectivity index (χ3v) is 11.6. The number of ether oxygens (including phenoxy) is 3. The minimum absolute atomic E-state index is 0.0506. The molecule has 2 saturated heterocycles. The molecule has 0 bridgehead atoms. The van der Waals surface area contributed by atoms with Crippen molar-refractivity contribution >= 4 is 91.2 Å². The quantitative estimate of drug-likeness (QED) is 0.120. The van der Waals surface area contributed by atoms with Gasteiger partial charge >= 0.3 is 0 Å². The molecule has 0 radical (unpaired) electrons. The summed E-state index contributed by atoms with van der Waals surface area (Å²) in [6, 6.07) is 13.4. The second-order valence-corrected chi connectivity index (χ2v) is 15.2. The van der Waals surface area contributed by atoms with E-state index in [-0.39, 0.29) is 43.0 Å². The van der Waals surface area contributed by atoms with Crippen LogP contribution in [0.3, 0.4) is 0 Å². The smallest absolute Gasteiger partial charge is 0.166 e. The molecule has 8 rings (SSSR count).